The Hall–Kier alpha value is -1.26. The second-order valence-electron chi connectivity index (χ2n) is 2.64. The zero-order valence-electron chi connectivity index (χ0n) is 6.71. The summed E-state index contributed by atoms with van der Waals surface area (Å²) in [6, 6.07) is 0. The fourth-order valence-electron chi connectivity index (χ4n) is 0.755. The predicted molar refractivity (Wildman–Crippen MR) is 38.2 cm³/mol. The maximum atomic E-state index is 12.4. The van der Waals surface area contributed by atoms with Crippen molar-refractivity contribution < 1.29 is 13.6 Å². The summed E-state index contributed by atoms with van der Waals surface area (Å²) in [4.78, 5) is 14.4. The number of rotatable bonds is 2. The quantitative estimate of drug-likeness (QED) is 0.632. The lowest BCUT2D eigenvalue weighted by atomic mass is 10.2. The Morgan fingerprint density at radius 1 is 1.67 bits per heavy atom. The fourth-order valence-corrected chi connectivity index (χ4v) is 0.755. The molecule has 0 N–H and O–H groups in total. The maximum absolute atomic E-state index is 12.4. The van der Waals surface area contributed by atoms with Crippen molar-refractivity contribution in [1.82, 2.24) is 9.55 Å². The molecule has 0 aliphatic carbocycles. The first-order chi connectivity index (χ1) is 5.41. The zero-order chi connectivity index (χ0) is 9.35. The molecule has 5 heteroatoms. The summed E-state index contributed by atoms with van der Waals surface area (Å²) in [5.41, 5.74) is -0.204. The molecule has 0 radical (unpaired) electrons. The van der Waals surface area contributed by atoms with Crippen LogP contribution in [0, 0.1) is 0 Å². The molecule has 0 unspecified atom stereocenters. The maximum Gasteiger partial charge on any atom is 0.308 e. The summed E-state index contributed by atoms with van der Waals surface area (Å²) in [5, 5.41) is 0. The van der Waals surface area contributed by atoms with E-state index in [2.05, 4.69) is 4.98 Å². The van der Waals surface area contributed by atoms with E-state index in [1.165, 1.54) is 17.1 Å². The molecule has 0 aromatic carbocycles. The van der Waals surface area contributed by atoms with Crippen molar-refractivity contribution in [2.75, 3.05) is 0 Å². The van der Waals surface area contributed by atoms with Gasteiger partial charge in [0, 0.05) is 20.2 Å². The van der Waals surface area contributed by atoms with Gasteiger partial charge < -0.3 is 4.57 Å². The van der Waals surface area contributed by atoms with Crippen molar-refractivity contribution in [3.8, 4) is 0 Å². The predicted octanol–water partition coefficient (Wildman–Crippen LogP) is 1.26. The minimum atomic E-state index is -3.34. The Balaban J connectivity index is 2.93. The SMILES string of the molecule is Cn1cnc(C(=O)C(C)(F)F)c1. The van der Waals surface area contributed by atoms with Gasteiger partial charge in [-0.25, -0.2) is 4.98 Å². The van der Waals surface area contributed by atoms with Gasteiger partial charge in [0.15, 0.2) is 0 Å². The number of hydrogen-bond donors (Lipinski definition) is 0. The van der Waals surface area contributed by atoms with Gasteiger partial charge in [0.1, 0.15) is 5.69 Å². The molecule has 0 fully saturated rings. The highest BCUT2D eigenvalue weighted by Gasteiger charge is 2.34. The molecule has 1 heterocycles. The monoisotopic (exact) mass is 174 g/mol. The first-order valence-corrected chi connectivity index (χ1v) is 3.32. The van der Waals surface area contributed by atoms with Gasteiger partial charge in [0.05, 0.1) is 6.33 Å². The first kappa shape index (κ1) is 8.83. The van der Waals surface area contributed by atoms with Crippen LogP contribution in [-0.4, -0.2) is 21.3 Å². The van der Waals surface area contributed by atoms with Crippen LogP contribution in [0.3, 0.4) is 0 Å². The molecule has 0 atom stereocenters. The number of Topliss-reactive ketones (excluding diaryl/α,β-unsaturated/α-hetero) is 1. The van der Waals surface area contributed by atoms with Gasteiger partial charge in [-0.3, -0.25) is 4.79 Å². The van der Waals surface area contributed by atoms with Crippen LogP contribution >= 0.6 is 0 Å². The number of aryl methyl sites for hydroxylation is 1. The second kappa shape index (κ2) is 2.66. The van der Waals surface area contributed by atoms with Gasteiger partial charge in [0.2, 0.25) is 0 Å². The Bertz CT molecular complexity index is 301. The minimum Gasteiger partial charge on any atom is -0.340 e. The smallest absolute Gasteiger partial charge is 0.308 e. The van der Waals surface area contributed by atoms with Gasteiger partial charge in [-0.05, 0) is 0 Å². The lowest BCUT2D eigenvalue weighted by Gasteiger charge is -2.04. The van der Waals surface area contributed by atoms with Gasteiger partial charge in [0.25, 0.3) is 5.78 Å². The van der Waals surface area contributed by atoms with E-state index in [-0.39, 0.29) is 5.69 Å². The van der Waals surface area contributed by atoms with E-state index in [1.807, 2.05) is 0 Å². The molecular weight excluding hydrogens is 166 g/mol. The molecule has 3 nitrogen and oxygen atoms in total. The zero-order valence-corrected chi connectivity index (χ0v) is 6.71. The van der Waals surface area contributed by atoms with Crippen LogP contribution in [0.4, 0.5) is 8.78 Å². The van der Waals surface area contributed by atoms with Crippen molar-refractivity contribution in [2.24, 2.45) is 7.05 Å². The number of alkyl halides is 2. The number of aromatic nitrogens is 2. The van der Waals surface area contributed by atoms with Crippen LogP contribution in [0.15, 0.2) is 12.5 Å². The summed E-state index contributed by atoms with van der Waals surface area (Å²) < 4.78 is 26.3. The van der Waals surface area contributed by atoms with E-state index in [1.54, 1.807) is 7.05 Å². The molecule has 66 valence electrons. The molecule has 1 rings (SSSR count). The molecule has 0 spiro atoms. The molecule has 0 amide bonds. The molecule has 0 bridgehead atoms. The summed E-state index contributed by atoms with van der Waals surface area (Å²) in [5.74, 6) is -4.59. The molecule has 12 heavy (non-hydrogen) atoms. The summed E-state index contributed by atoms with van der Waals surface area (Å²) in [6.45, 7) is 0.560. The topological polar surface area (TPSA) is 34.9 Å². The van der Waals surface area contributed by atoms with Crippen molar-refractivity contribution in [3.63, 3.8) is 0 Å². The third-order valence-corrected chi connectivity index (χ3v) is 1.34. The second-order valence-corrected chi connectivity index (χ2v) is 2.64. The largest absolute Gasteiger partial charge is 0.340 e. The number of nitrogens with zero attached hydrogens (tertiary/aromatic N) is 2. The molecule has 0 aliphatic heterocycles. The van der Waals surface area contributed by atoms with E-state index in [0.29, 0.717) is 6.92 Å². The number of carbonyl (C=O) groups excluding carboxylic acids is 1. The summed E-state index contributed by atoms with van der Waals surface area (Å²) in [6.07, 6.45) is 2.57. The summed E-state index contributed by atoms with van der Waals surface area (Å²) in [7, 11) is 1.61. The van der Waals surface area contributed by atoms with Gasteiger partial charge >= 0.3 is 5.92 Å². The summed E-state index contributed by atoms with van der Waals surface area (Å²) >= 11 is 0. The average molecular weight is 174 g/mol. The Labute approximate surface area is 68.0 Å². The highest BCUT2D eigenvalue weighted by atomic mass is 19.3. The van der Waals surface area contributed by atoms with Gasteiger partial charge in [-0.15, -0.1) is 0 Å². The molecule has 0 aliphatic rings. The lowest BCUT2D eigenvalue weighted by Crippen LogP contribution is -2.24. The van der Waals surface area contributed by atoms with E-state index in [9.17, 15) is 13.6 Å². The van der Waals surface area contributed by atoms with Gasteiger partial charge in [-0.1, -0.05) is 0 Å². The third kappa shape index (κ3) is 1.66. The van der Waals surface area contributed by atoms with Crippen LogP contribution < -0.4 is 0 Å². The average Bonchev–Trinajstić information content (AvgIpc) is 2.32. The van der Waals surface area contributed by atoms with Crippen molar-refractivity contribution >= 4 is 5.78 Å². The molecular formula is C7H8F2N2O. The standard InChI is InChI=1S/C7H8F2N2O/c1-7(8,9)6(12)5-3-11(2)4-10-5/h3-4H,1-2H3. The third-order valence-electron chi connectivity index (χ3n) is 1.34. The number of ketones is 1. The molecule has 0 saturated carbocycles. The Morgan fingerprint density at radius 3 is 2.58 bits per heavy atom. The van der Waals surface area contributed by atoms with Crippen molar-refractivity contribution in [2.45, 2.75) is 12.8 Å². The number of hydrogen-bond acceptors (Lipinski definition) is 2. The Morgan fingerprint density at radius 2 is 2.25 bits per heavy atom. The van der Waals surface area contributed by atoms with E-state index in [4.69, 9.17) is 0 Å². The highest BCUT2D eigenvalue weighted by Crippen LogP contribution is 2.17. The van der Waals surface area contributed by atoms with Crippen LogP contribution in [0.5, 0.6) is 0 Å². The minimum absolute atomic E-state index is 0.204. The fraction of sp³-hybridized carbons (Fsp3) is 0.429. The molecule has 1 aromatic heterocycles. The van der Waals surface area contributed by atoms with Crippen LogP contribution in [0.2, 0.25) is 0 Å². The number of halogens is 2. The van der Waals surface area contributed by atoms with Crippen LogP contribution in [0.25, 0.3) is 0 Å². The Kier molecular flexibility index (Phi) is 1.95. The van der Waals surface area contributed by atoms with Crippen LogP contribution in [-0.2, 0) is 7.05 Å². The van der Waals surface area contributed by atoms with Crippen molar-refractivity contribution in [3.05, 3.63) is 18.2 Å². The number of carbonyl (C=O) groups is 1. The van der Waals surface area contributed by atoms with Crippen molar-refractivity contribution in [1.29, 1.82) is 0 Å². The highest BCUT2D eigenvalue weighted by molar-refractivity contribution is 5.99. The van der Waals surface area contributed by atoms with Gasteiger partial charge in [-0.2, -0.15) is 8.78 Å². The molecule has 1 aromatic rings. The van der Waals surface area contributed by atoms with E-state index in [0.717, 1.165) is 0 Å². The molecule has 0 saturated heterocycles. The normalized spacial score (nSPS) is 11.7. The van der Waals surface area contributed by atoms with Crippen LogP contribution in [0.1, 0.15) is 17.4 Å². The number of imidazole rings is 1. The van der Waals surface area contributed by atoms with E-state index < -0.39 is 11.7 Å². The van der Waals surface area contributed by atoms with E-state index >= 15 is 0 Å². The first-order valence-electron chi connectivity index (χ1n) is 3.32. The lowest BCUT2D eigenvalue weighted by molar-refractivity contribution is 0.0217.